The molecule has 0 N–H and O–H groups in total. The smallest absolute Gasteiger partial charge is 0.246 e. The molecule has 1 aromatic heterocycles. The van der Waals surface area contributed by atoms with Gasteiger partial charge in [-0.1, -0.05) is 43.2 Å². The number of hydrogen-bond donors (Lipinski definition) is 0. The van der Waals surface area contributed by atoms with Gasteiger partial charge in [0.1, 0.15) is 5.82 Å². The SMILES string of the molecule is C[C@H]1c2nc(-c3ccccc3)nn2CCN1S(=O)(=O)N1CCCCCC1. The molecule has 0 aliphatic carbocycles. The molecule has 2 aromatic rings. The Balaban J connectivity index is 1.61. The highest BCUT2D eigenvalue weighted by atomic mass is 32.2. The minimum Gasteiger partial charge on any atom is -0.246 e. The van der Waals surface area contributed by atoms with Gasteiger partial charge in [-0.2, -0.15) is 22.1 Å². The van der Waals surface area contributed by atoms with Crippen molar-refractivity contribution in [3.05, 3.63) is 36.2 Å². The van der Waals surface area contributed by atoms with Gasteiger partial charge in [-0.25, -0.2) is 9.67 Å². The maximum Gasteiger partial charge on any atom is 0.282 e. The molecule has 2 aliphatic heterocycles. The molecule has 1 atom stereocenters. The molecular weight excluding hydrogens is 350 g/mol. The summed E-state index contributed by atoms with van der Waals surface area (Å²) in [4.78, 5) is 4.66. The third kappa shape index (κ3) is 3.17. The highest BCUT2D eigenvalue weighted by molar-refractivity contribution is 7.86. The largest absolute Gasteiger partial charge is 0.282 e. The Morgan fingerprint density at radius 3 is 2.35 bits per heavy atom. The van der Waals surface area contributed by atoms with Gasteiger partial charge in [0.25, 0.3) is 10.2 Å². The van der Waals surface area contributed by atoms with Crippen LogP contribution in [0.15, 0.2) is 30.3 Å². The van der Waals surface area contributed by atoms with Crippen LogP contribution in [0.1, 0.15) is 44.5 Å². The maximum absolute atomic E-state index is 13.2. The van der Waals surface area contributed by atoms with E-state index >= 15 is 0 Å². The third-order valence-electron chi connectivity index (χ3n) is 5.26. The van der Waals surface area contributed by atoms with Crippen LogP contribution in [0, 0.1) is 0 Å². The predicted molar refractivity (Wildman–Crippen MR) is 99.5 cm³/mol. The molecule has 0 saturated carbocycles. The monoisotopic (exact) mass is 375 g/mol. The molecule has 0 unspecified atom stereocenters. The number of fused-ring (bicyclic) bond motifs is 1. The fourth-order valence-electron chi connectivity index (χ4n) is 3.79. The molecule has 2 aliphatic rings. The molecule has 4 rings (SSSR count). The fourth-order valence-corrected chi connectivity index (χ4v) is 5.61. The summed E-state index contributed by atoms with van der Waals surface area (Å²) < 4.78 is 31.5. The first-order chi connectivity index (χ1) is 12.6. The molecule has 0 bridgehead atoms. The van der Waals surface area contributed by atoms with Crippen LogP contribution in [0.5, 0.6) is 0 Å². The zero-order valence-electron chi connectivity index (χ0n) is 15.1. The molecule has 140 valence electrons. The first-order valence-corrected chi connectivity index (χ1v) is 10.7. The number of benzene rings is 1. The molecule has 26 heavy (non-hydrogen) atoms. The Morgan fingerprint density at radius 2 is 1.65 bits per heavy atom. The van der Waals surface area contributed by atoms with Gasteiger partial charge < -0.3 is 0 Å². The number of rotatable bonds is 3. The van der Waals surface area contributed by atoms with E-state index in [4.69, 9.17) is 0 Å². The second-order valence-corrected chi connectivity index (χ2v) is 8.87. The van der Waals surface area contributed by atoms with Gasteiger partial charge in [0.2, 0.25) is 0 Å². The minimum absolute atomic E-state index is 0.318. The average Bonchev–Trinajstić information content (AvgIpc) is 2.89. The van der Waals surface area contributed by atoms with E-state index in [0.29, 0.717) is 37.8 Å². The summed E-state index contributed by atoms with van der Waals surface area (Å²) in [5, 5.41) is 4.59. The van der Waals surface area contributed by atoms with Crippen molar-refractivity contribution in [2.75, 3.05) is 19.6 Å². The molecule has 7 nitrogen and oxygen atoms in total. The Morgan fingerprint density at radius 1 is 0.962 bits per heavy atom. The van der Waals surface area contributed by atoms with Crippen LogP contribution in [-0.2, 0) is 16.8 Å². The Bertz CT molecular complexity index is 857. The van der Waals surface area contributed by atoms with E-state index in [-0.39, 0.29) is 6.04 Å². The van der Waals surface area contributed by atoms with Crippen molar-refractivity contribution < 1.29 is 8.42 Å². The van der Waals surface area contributed by atoms with Gasteiger partial charge in [0.05, 0.1) is 12.6 Å². The van der Waals surface area contributed by atoms with Crippen molar-refractivity contribution in [1.82, 2.24) is 23.4 Å². The summed E-state index contributed by atoms with van der Waals surface area (Å²) in [5.74, 6) is 1.37. The number of aromatic nitrogens is 3. The predicted octanol–water partition coefficient (Wildman–Crippen LogP) is 2.44. The van der Waals surface area contributed by atoms with Gasteiger partial charge in [-0.05, 0) is 19.8 Å². The van der Waals surface area contributed by atoms with Crippen molar-refractivity contribution in [3.8, 4) is 11.4 Å². The first-order valence-electron chi connectivity index (χ1n) is 9.34. The van der Waals surface area contributed by atoms with E-state index in [1.165, 1.54) is 0 Å². The Kier molecular flexibility index (Phi) is 4.81. The highest BCUT2D eigenvalue weighted by Crippen LogP contribution is 2.30. The van der Waals surface area contributed by atoms with Crippen LogP contribution in [0.2, 0.25) is 0 Å². The molecule has 1 fully saturated rings. The van der Waals surface area contributed by atoms with Crippen LogP contribution < -0.4 is 0 Å². The van der Waals surface area contributed by atoms with Crippen LogP contribution in [0.25, 0.3) is 11.4 Å². The zero-order valence-corrected chi connectivity index (χ0v) is 15.9. The standard InChI is InChI=1S/C18H25N5O2S/c1-15-18-19-17(16-9-5-4-6-10-16)20-22(18)13-14-23(15)26(24,25)21-11-7-2-3-8-12-21/h4-6,9-10,15H,2-3,7-8,11-14H2,1H3/t15-/m0/s1. The van der Waals surface area contributed by atoms with E-state index in [2.05, 4.69) is 10.1 Å². The topological polar surface area (TPSA) is 71.3 Å². The summed E-state index contributed by atoms with van der Waals surface area (Å²) in [7, 11) is -3.47. The van der Waals surface area contributed by atoms with E-state index in [0.717, 1.165) is 31.2 Å². The summed E-state index contributed by atoms with van der Waals surface area (Å²) in [6.45, 7) is 4.11. The Labute approximate surface area is 154 Å². The lowest BCUT2D eigenvalue weighted by Gasteiger charge is -2.35. The summed E-state index contributed by atoms with van der Waals surface area (Å²) in [6.07, 6.45) is 4.10. The lowest BCUT2D eigenvalue weighted by atomic mass is 10.2. The summed E-state index contributed by atoms with van der Waals surface area (Å²) >= 11 is 0. The van der Waals surface area contributed by atoms with Crippen molar-refractivity contribution in [2.45, 2.75) is 45.2 Å². The van der Waals surface area contributed by atoms with Crippen LogP contribution in [0.4, 0.5) is 0 Å². The molecular formula is C18H25N5O2S. The average molecular weight is 375 g/mol. The lowest BCUT2D eigenvalue weighted by molar-refractivity contribution is 0.242. The van der Waals surface area contributed by atoms with E-state index in [9.17, 15) is 8.42 Å². The number of hydrogen-bond acceptors (Lipinski definition) is 4. The second-order valence-electron chi connectivity index (χ2n) is 6.99. The van der Waals surface area contributed by atoms with Crippen molar-refractivity contribution in [2.24, 2.45) is 0 Å². The van der Waals surface area contributed by atoms with Crippen molar-refractivity contribution in [3.63, 3.8) is 0 Å². The highest BCUT2D eigenvalue weighted by Gasteiger charge is 2.38. The van der Waals surface area contributed by atoms with Gasteiger partial charge in [-0.3, -0.25) is 0 Å². The maximum atomic E-state index is 13.2. The first kappa shape index (κ1) is 17.6. The van der Waals surface area contributed by atoms with E-state index in [1.54, 1.807) is 8.61 Å². The second kappa shape index (κ2) is 7.09. The molecule has 0 radical (unpaired) electrons. The molecule has 0 amide bonds. The minimum atomic E-state index is -3.47. The normalized spacial score (nSPS) is 22.7. The zero-order chi connectivity index (χ0) is 18.1. The van der Waals surface area contributed by atoms with Crippen molar-refractivity contribution in [1.29, 1.82) is 0 Å². The van der Waals surface area contributed by atoms with Gasteiger partial charge in [-0.15, -0.1) is 0 Å². The van der Waals surface area contributed by atoms with Gasteiger partial charge in [0, 0.05) is 25.2 Å². The van der Waals surface area contributed by atoms with Gasteiger partial charge in [0.15, 0.2) is 5.82 Å². The summed E-state index contributed by atoms with van der Waals surface area (Å²) in [6, 6.07) is 9.48. The van der Waals surface area contributed by atoms with E-state index in [1.807, 2.05) is 41.9 Å². The van der Waals surface area contributed by atoms with Crippen molar-refractivity contribution >= 4 is 10.2 Å². The fraction of sp³-hybridized carbons (Fsp3) is 0.556. The lowest BCUT2D eigenvalue weighted by Crippen LogP contribution is -2.49. The molecule has 3 heterocycles. The molecule has 0 spiro atoms. The molecule has 8 heteroatoms. The number of nitrogens with zero attached hydrogens (tertiary/aromatic N) is 5. The van der Waals surface area contributed by atoms with Crippen LogP contribution >= 0.6 is 0 Å². The van der Waals surface area contributed by atoms with E-state index < -0.39 is 10.2 Å². The van der Waals surface area contributed by atoms with Crippen LogP contribution in [0.3, 0.4) is 0 Å². The third-order valence-corrected chi connectivity index (χ3v) is 7.37. The molecule has 1 saturated heterocycles. The summed E-state index contributed by atoms with van der Waals surface area (Å²) in [5.41, 5.74) is 0.948. The quantitative estimate of drug-likeness (QED) is 0.826. The molecule has 1 aromatic carbocycles. The van der Waals surface area contributed by atoms with Gasteiger partial charge >= 0.3 is 0 Å². The Hall–Kier alpha value is -1.77. The van der Waals surface area contributed by atoms with Crippen LogP contribution in [-0.4, -0.2) is 51.4 Å².